The highest BCUT2D eigenvalue weighted by Gasteiger charge is 2.01. The summed E-state index contributed by atoms with van der Waals surface area (Å²) < 4.78 is 1.22. The van der Waals surface area contributed by atoms with Crippen molar-refractivity contribution in [2.24, 2.45) is 0 Å². The van der Waals surface area contributed by atoms with Crippen molar-refractivity contribution in [1.29, 1.82) is 0 Å². The number of rotatable bonds is 1. The van der Waals surface area contributed by atoms with Gasteiger partial charge >= 0.3 is 0 Å². The maximum atomic E-state index is 4.58. The molecule has 3 heteroatoms. The average molecular weight is 212 g/mol. The Morgan fingerprint density at radius 3 is 2.93 bits per heavy atom. The van der Waals surface area contributed by atoms with Crippen molar-refractivity contribution in [2.45, 2.75) is 0 Å². The predicted octanol–water partition coefficient (Wildman–Crippen LogP) is 3.36. The second-order valence-electron chi connectivity index (χ2n) is 3.24. The minimum Gasteiger partial charge on any atom is -0.264 e. The van der Waals surface area contributed by atoms with Crippen LogP contribution in [0.5, 0.6) is 0 Å². The maximum Gasteiger partial charge on any atom is 0.0817 e. The van der Waals surface area contributed by atoms with Gasteiger partial charge < -0.3 is 0 Å². The molecule has 0 saturated heterocycles. The summed E-state index contributed by atoms with van der Waals surface area (Å²) in [6.45, 7) is 0. The molecule has 0 N–H and O–H groups in total. The van der Waals surface area contributed by atoms with Crippen LogP contribution in [0.1, 0.15) is 0 Å². The van der Waals surface area contributed by atoms with Crippen LogP contribution in [0, 0.1) is 0 Å². The first kappa shape index (κ1) is 8.56. The molecule has 0 aromatic carbocycles. The minimum absolute atomic E-state index is 0.981. The van der Waals surface area contributed by atoms with Crippen molar-refractivity contribution in [3.05, 3.63) is 48.1 Å². The second-order valence-corrected chi connectivity index (χ2v) is 4.19. The van der Waals surface area contributed by atoms with E-state index in [1.165, 1.54) is 4.70 Å². The first-order chi connectivity index (χ1) is 7.43. The Kier molecular flexibility index (Phi) is 1.96. The monoisotopic (exact) mass is 212 g/mol. The molecule has 0 aliphatic rings. The van der Waals surface area contributed by atoms with Crippen molar-refractivity contribution in [1.82, 2.24) is 9.97 Å². The van der Waals surface area contributed by atoms with Crippen LogP contribution in [0.4, 0.5) is 0 Å². The minimum atomic E-state index is 0.981. The zero-order valence-corrected chi connectivity index (χ0v) is 8.74. The summed E-state index contributed by atoms with van der Waals surface area (Å²) in [4.78, 5) is 8.67. The van der Waals surface area contributed by atoms with Crippen LogP contribution in [0.25, 0.3) is 21.5 Å². The van der Waals surface area contributed by atoms with Gasteiger partial charge in [0.05, 0.1) is 15.9 Å². The van der Waals surface area contributed by atoms with E-state index < -0.39 is 0 Å². The lowest BCUT2D eigenvalue weighted by atomic mass is 10.2. The molecule has 3 aromatic heterocycles. The van der Waals surface area contributed by atoms with Crippen molar-refractivity contribution in [2.75, 3.05) is 0 Å². The lowest BCUT2D eigenvalue weighted by molar-refractivity contribution is 1.30. The molecule has 0 atom stereocenters. The molecule has 0 radical (unpaired) electrons. The van der Waals surface area contributed by atoms with E-state index in [9.17, 15) is 0 Å². The van der Waals surface area contributed by atoms with E-state index >= 15 is 0 Å². The predicted molar refractivity (Wildman–Crippen MR) is 62.9 cm³/mol. The zero-order chi connectivity index (χ0) is 10.1. The van der Waals surface area contributed by atoms with Crippen molar-refractivity contribution >= 4 is 21.6 Å². The van der Waals surface area contributed by atoms with Gasteiger partial charge in [0.1, 0.15) is 0 Å². The van der Waals surface area contributed by atoms with Crippen LogP contribution >= 0.6 is 11.3 Å². The lowest BCUT2D eigenvalue weighted by Gasteiger charge is -1.99. The van der Waals surface area contributed by atoms with Gasteiger partial charge in [-0.15, -0.1) is 11.3 Å². The van der Waals surface area contributed by atoms with Crippen LogP contribution in [-0.4, -0.2) is 9.97 Å². The van der Waals surface area contributed by atoms with E-state index in [0.29, 0.717) is 0 Å². The standard InChI is InChI=1S/C12H8N2S/c1-2-9(8-13-6-1)10-3-4-12-11(14-10)5-7-15-12/h1-8H. The number of hydrogen-bond donors (Lipinski definition) is 0. The molecular formula is C12H8N2S. The molecule has 3 aromatic rings. The number of aromatic nitrogens is 2. The lowest BCUT2D eigenvalue weighted by Crippen LogP contribution is -1.83. The van der Waals surface area contributed by atoms with Crippen LogP contribution in [0.2, 0.25) is 0 Å². The molecule has 15 heavy (non-hydrogen) atoms. The van der Waals surface area contributed by atoms with E-state index in [4.69, 9.17) is 0 Å². The van der Waals surface area contributed by atoms with Gasteiger partial charge in [0.2, 0.25) is 0 Å². The van der Waals surface area contributed by atoms with Crippen LogP contribution < -0.4 is 0 Å². The van der Waals surface area contributed by atoms with Crippen molar-refractivity contribution in [3.8, 4) is 11.3 Å². The Balaban J connectivity index is 2.19. The quantitative estimate of drug-likeness (QED) is 0.618. The number of nitrogens with zero attached hydrogens (tertiary/aromatic N) is 2. The first-order valence-electron chi connectivity index (χ1n) is 4.68. The van der Waals surface area contributed by atoms with Gasteiger partial charge in [-0.3, -0.25) is 4.98 Å². The fourth-order valence-corrected chi connectivity index (χ4v) is 2.25. The second kappa shape index (κ2) is 3.44. The molecule has 0 saturated carbocycles. The summed E-state index contributed by atoms with van der Waals surface area (Å²) >= 11 is 1.71. The van der Waals surface area contributed by atoms with E-state index in [2.05, 4.69) is 21.4 Å². The number of hydrogen-bond acceptors (Lipinski definition) is 3. The highest BCUT2D eigenvalue weighted by molar-refractivity contribution is 7.17. The van der Waals surface area contributed by atoms with E-state index in [1.54, 1.807) is 17.5 Å². The Morgan fingerprint density at radius 1 is 1.07 bits per heavy atom. The number of fused-ring (bicyclic) bond motifs is 1. The fourth-order valence-electron chi connectivity index (χ4n) is 1.53. The third-order valence-electron chi connectivity index (χ3n) is 2.26. The Labute approximate surface area is 91.2 Å². The van der Waals surface area contributed by atoms with E-state index in [-0.39, 0.29) is 0 Å². The van der Waals surface area contributed by atoms with Gasteiger partial charge in [-0.1, -0.05) is 0 Å². The molecule has 0 spiro atoms. The van der Waals surface area contributed by atoms with Crippen LogP contribution in [0.3, 0.4) is 0 Å². The number of pyridine rings is 2. The zero-order valence-electron chi connectivity index (χ0n) is 7.92. The van der Waals surface area contributed by atoms with Gasteiger partial charge in [-0.2, -0.15) is 0 Å². The van der Waals surface area contributed by atoms with Gasteiger partial charge in [0.15, 0.2) is 0 Å². The maximum absolute atomic E-state index is 4.58. The van der Waals surface area contributed by atoms with Gasteiger partial charge in [0, 0.05) is 18.0 Å². The molecule has 2 nitrogen and oxygen atoms in total. The Morgan fingerprint density at radius 2 is 2.07 bits per heavy atom. The molecule has 0 aliphatic heterocycles. The average Bonchev–Trinajstić information content (AvgIpc) is 2.77. The Hall–Kier alpha value is -1.74. The molecular weight excluding hydrogens is 204 g/mol. The van der Waals surface area contributed by atoms with Crippen molar-refractivity contribution in [3.63, 3.8) is 0 Å². The molecule has 0 unspecified atom stereocenters. The smallest absolute Gasteiger partial charge is 0.0817 e. The first-order valence-corrected chi connectivity index (χ1v) is 5.56. The van der Waals surface area contributed by atoms with Crippen LogP contribution in [0.15, 0.2) is 48.1 Å². The molecule has 0 fully saturated rings. The third-order valence-corrected chi connectivity index (χ3v) is 3.14. The SMILES string of the molecule is c1cncc(-c2ccc3sccc3n2)c1. The molecule has 72 valence electrons. The van der Waals surface area contributed by atoms with Crippen molar-refractivity contribution < 1.29 is 0 Å². The highest BCUT2D eigenvalue weighted by Crippen LogP contribution is 2.23. The number of thiophene rings is 1. The topological polar surface area (TPSA) is 25.8 Å². The summed E-state index contributed by atoms with van der Waals surface area (Å²) in [6, 6.07) is 10.1. The van der Waals surface area contributed by atoms with E-state index in [1.807, 2.05) is 30.5 Å². The molecule has 3 heterocycles. The normalized spacial score (nSPS) is 10.7. The third kappa shape index (κ3) is 1.51. The molecule has 0 bridgehead atoms. The van der Waals surface area contributed by atoms with E-state index in [0.717, 1.165) is 16.8 Å². The largest absolute Gasteiger partial charge is 0.264 e. The summed E-state index contributed by atoms with van der Waals surface area (Å²) in [5.41, 5.74) is 3.10. The fraction of sp³-hybridized carbons (Fsp3) is 0. The Bertz CT molecular complexity index is 587. The summed E-state index contributed by atoms with van der Waals surface area (Å²) in [7, 11) is 0. The van der Waals surface area contributed by atoms with Gasteiger partial charge in [0.25, 0.3) is 0 Å². The van der Waals surface area contributed by atoms with Gasteiger partial charge in [-0.25, -0.2) is 4.98 Å². The highest BCUT2D eigenvalue weighted by atomic mass is 32.1. The molecule has 0 aliphatic carbocycles. The summed E-state index contributed by atoms with van der Waals surface area (Å²) in [5, 5.41) is 2.06. The van der Waals surface area contributed by atoms with Gasteiger partial charge in [-0.05, 0) is 35.7 Å². The molecule has 0 amide bonds. The summed E-state index contributed by atoms with van der Waals surface area (Å²) in [6.07, 6.45) is 3.60. The molecule has 3 rings (SSSR count). The summed E-state index contributed by atoms with van der Waals surface area (Å²) in [5.74, 6) is 0. The van der Waals surface area contributed by atoms with Crippen LogP contribution in [-0.2, 0) is 0 Å².